The number of nitrogens with zero attached hydrogens (tertiary/aromatic N) is 4. The molecule has 1 amide bonds. The summed E-state index contributed by atoms with van der Waals surface area (Å²) in [7, 11) is 5.96. The molecule has 3 heterocycles. The van der Waals surface area contributed by atoms with Gasteiger partial charge in [0, 0.05) is 30.6 Å². The van der Waals surface area contributed by atoms with Crippen LogP contribution < -0.4 is 10.2 Å². The summed E-state index contributed by atoms with van der Waals surface area (Å²) >= 11 is 0. The first-order valence-corrected chi connectivity index (χ1v) is 11.9. The van der Waals surface area contributed by atoms with Gasteiger partial charge in [-0.3, -0.25) is 9.78 Å². The summed E-state index contributed by atoms with van der Waals surface area (Å²) < 4.78 is 5.76. The average molecular weight is 462 g/mol. The summed E-state index contributed by atoms with van der Waals surface area (Å²) in [6.07, 6.45) is 8.27. The van der Waals surface area contributed by atoms with Crippen molar-refractivity contribution in [3.05, 3.63) is 53.6 Å². The van der Waals surface area contributed by atoms with Gasteiger partial charge in [0.2, 0.25) is 11.8 Å². The second-order valence-corrected chi connectivity index (χ2v) is 9.46. The normalized spacial score (nSPS) is 18.1. The molecule has 2 aliphatic heterocycles. The fraction of sp³-hybridized carbons (Fsp3) is 0.444. The van der Waals surface area contributed by atoms with E-state index < -0.39 is 5.41 Å². The number of rotatable bonds is 8. The average Bonchev–Trinajstić information content (AvgIpc) is 3.05. The number of hydrogen-bond acceptors (Lipinski definition) is 6. The van der Waals surface area contributed by atoms with E-state index in [0.29, 0.717) is 12.5 Å². The number of nitrogens with one attached hydrogen (secondary N) is 1. The van der Waals surface area contributed by atoms with Crippen molar-refractivity contribution in [3.8, 4) is 0 Å². The highest BCUT2D eigenvalue weighted by atomic mass is 16.5. The van der Waals surface area contributed by atoms with Gasteiger partial charge in [0.1, 0.15) is 0 Å². The molecule has 0 unspecified atom stereocenters. The summed E-state index contributed by atoms with van der Waals surface area (Å²) in [4.78, 5) is 26.0. The number of benzene rings is 1. The van der Waals surface area contributed by atoms with Crippen molar-refractivity contribution in [3.63, 3.8) is 0 Å². The third-order valence-electron chi connectivity index (χ3n) is 6.95. The molecule has 1 saturated heterocycles. The van der Waals surface area contributed by atoms with Crippen molar-refractivity contribution < 1.29 is 9.53 Å². The largest absolute Gasteiger partial charge is 0.478 e. The lowest BCUT2D eigenvalue weighted by molar-refractivity contribution is -0.123. The van der Waals surface area contributed by atoms with Crippen molar-refractivity contribution in [1.29, 1.82) is 0 Å². The van der Waals surface area contributed by atoms with Crippen molar-refractivity contribution in [2.24, 2.45) is 4.99 Å². The van der Waals surface area contributed by atoms with E-state index in [9.17, 15) is 4.79 Å². The highest BCUT2D eigenvalue weighted by Gasteiger charge is 2.51. The Hall–Kier alpha value is -3.03. The minimum Gasteiger partial charge on any atom is -0.478 e. The topological polar surface area (TPSA) is 70.1 Å². The highest BCUT2D eigenvalue weighted by Crippen LogP contribution is 2.49. The second kappa shape index (κ2) is 10.1. The molecule has 1 N–H and O–H groups in total. The Kier molecular flexibility index (Phi) is 7.14. The second-order valence-electron chi connectivity index (χ2n) is 9.46. The standard InChI is InChI=1S/C27H35N5O2/c1-19(7-10-24(28-2)34-16-6-15-31(3)4)20-8-9-22-21(17-20)25-23(18-30-22)32(5)26(33)27(25)11-13-29-14-12-27/h7-10,17-18,29H,2,6,11-16H2,1,3-5H3/b19-7+,24-10+. The molecule has 7 nitrogen and oxygen atoms in total. The fourth-order valence-electron chi connectivity index (χ4n) is 5.04. The summed E-state index contributed by atoms with van der Waals surface area (Å²) in [6.45, 7) is 8.96. The maximum Gasteiger partial charge on any atom is 0.237 e. The maximum absolute atomic E-state index is 13.4. The van der Waals surface area contributed by atoms with E-state index in [2.05, 4.69) is 46.0 Å². The third-order valence-corrected chi connectivity index (χ3v) is 6.95. The molecule has 0 atom stereocenters. The molecule has 1 aromatic heterocycles. The molecule has 1 fully saturated rings. The lowest BCUT2D eigenvalue weighted by Gasteiger charge is -2.33. The number of aliphatic imine (C=N–C) groups is 1. The van der Waals surface area contributed by atoms with Gasteiger partial charge in [-0.05, 0) is 83.4 Å². The summed E-state index contributed by atoms with van der Waals surface area (Å²) in [5.74, 6) is 0.703. The van der Waals surface area contributed by atoms with Gasteiger partial charge < -0.3 is 19.9 Å². The third kappa shape index (κ3) is 4.50. The lowest BCUT2D eigenvalue weighted by Crippen LogP contribution is -2.46. The predicted octanol–water partition coefficient (Wildman–Crippen LogP) is 3.75. The van der Waals surface area contributed by atoms with E-state index in [1.165, 1.54) is 0 Å². The quantitative estimate of drug-likeness (QED) is 0.281. The number of anilines is 1. The Morgan fingerprint density at radius 3 is 2.79 bits per heavy atom. The van der Waals surface area contributed by atoms with Gasteiger partial charge in [-0.2, -0.15) is 0 Å². The molecule has 0 bridgehead atoms. The van der Waals surface area contributed by atoms with E-state index in [4.69, 9.17) is 4.74 Å². The molecular formula is C27H35N5O2. The zero-order valence-corrected chi connectivity index (χ0v) is 20.7. The van der Waals surface area contributed by atoms with Crippen LogP contribution in [0.15, 0.2) is 47.4 Å². The van der Waals surface area contributed by atoms with Gasteiger partial charge in [0.05, 0.1) is 29.4 Å². The molecule has 2 aromatic rings. The number of likely N-dealkylation sites (N-methyl/N-ethyl adjacent to an activating group) is 1. The number of allylic oxidation sites excluding steroid dienone is 3. The molecule has 0 aliphatic carbocycles. The first-order valence-electron chi connectivity index (χ1n) is 11.9. The van der Waals surface area contributed by atoms with Gasteiger partial charge in [-0.25, -0.2) is 4.99 Å². The Bertz CT molecular complexity index is 1150. The molecule has 0 radical (unpaired) electrons. The molecule has 0 saturated carbocycles. The molecule has 180 valence electrons. The Morgan fingerprint density at radius 2 is 2.09 bits per heavy atom. The number of piperidine rings is 1. The summed E-state index contributed by atoms with van der Waals surface area (Å²) in [6, 6.07) is 6.31. The lowest BCUT2D eigenvalue weighted by atomic mass is 9.73. The first kappa shape index (κ1) is 24.1. The maximum atomic E-state index is 13.4. The van der Waals surface area contributed by atoms with Crippen LogP contribution in [0.5, 0.6) is 0 Å². The number of carbonyl (C=O) groups excluding carboxylic acids is 1. The minimum absolute atomic E-state index is 0.187. The molecule has 2 aliphatic rings. The molecule has 1 spiro atoms. The van der Waals surface area contributed by atoms with E-state index in [0.717, 1.165) is 72.2 Å². The van der Waals surface area contributed by atoms with Gasteiger partial charge in [-0.15, -0.1) is 0 Å². The van der Waals surface area contributed by atoms with Gasteiger partial charge in [0.15, 0.2) is 0 Å². The molecule has 1 aromatic carbocycles. The number of ether oxygens (including phenoxy) is 1. The SMILES string of the molecule is C=N/C(=C\C=C(/C)c1ccc2ncc3c(c2c1)C1(CCNCC1)C(=O)N3C)OCCCN(C)C. The zero-order chi connectivity index (χ0) is 24.3. The van der Waals surface area contributed by atoms with Crippen molar-refractivity contribution in [1.82, 2.24) is 15.2 Å². The van der Waals surface area contributed by atoms with Crippen LogP contribution in [-0.2, 0) is 14.9 Å². The van der Waals surface area contributed by atoms with Crippen LogP contribution in [0.4, 0.5) is 5.69 Å². The van der Waals surface area contributed by atoms with E-state index in [-0.39, 0.29) is 5.91 Å². The number of carbonyl (C=O) groups is 1. The molecule has 7 heteroatoms. The fourth-order valence-corrected chi connectivity index (χ4v) is 5.04. The van der Waals surface area contributed by atoms with Gasteiger partial charge >= 0.3 is 0 Å². The van der Waals surface area contributed by atoms with Crippen molar-refractivity contribution >= 4 is 34.8 Å². The highest BCUT2D eigenvalue weighted by molar-refractivity contribution is 6.12. The molecular weight excluding hydrogens is 426 g/mol. The van der Waals surface area contributed by atoms with Crippen LogP contribution >= 0.6 is 0 Å². The number of amides is 1. The van der Waals surface area contributed by atoms with Crippen LogP contribution in [0.25, 0.3) is 16.5 Å². The molecule has 4 rings (SSSR count). The first-order chi connectivity index (χ1) is 16.4. The van der Waals surface area contributed by atoms with Gasteiger partial charge in [0.25, 0.3) is 0 Å². The van der Waals surface area contributed by atoms with Crippen LogP contribution in [0.2, 0.25) is 0 Å². The monoisotopic (exact) mass is 461 g/mol. The predicted molar refractivity (Wildman–Crippen MR) is 139 cm³/mol. The number of fused-ring (bicyclic) bond motifs is 4. The van der Waals surface area contributed by atoms with Crippen LogP contribution in [0.1, 0.15) is 37.3 Å². The Labute approximate surface area is 202 Å². The molecule has 34 heavy (non-hydrogen) atoms. The van der Waals surface area contributed by atoms with Crippen LogP contribution in [-0.4, -0.2) is 69.9 Å². The minimum atomic E-state index is -0.465. The number of aromatic nitrogens is 1. The summed E-state index contributed by atoms with van der Waals surface area (Å²) in [5.41, 5.74) is 4.68. The van der Waals surface area contributed by atoms with E-state index in [1.807, 2.05) is 45.6 Å². The Morgan fingerprint density at radius 1 is 1.32 bits per heavy atom. The van der Waals surface area contributed by atoms with Crippen molar-refractivity contribution in [2.75, 3.05) is 52.3 Å². The zero-order valence-electron chi connectivity index (χ0n) is 20.7. The van der Waals surface area contributed by atoms with Crippen LogP contribution in [0, 0.1) is 0 Å². The number of hydrogen-bond donors (Lipinski definition) is 1. The van der Waals surface area contributed by atoms with E-state index >= 15 is 0 Å². The van der Waals surface area contributed by atoms with Crippen LogP contribution in [0.3, 0.4) is 0 Å². The van der Waals surface area contributed by atoms with Gasteiger partial charge in [-0.1, -0.05) is 12.1 Å². The van der Waals surface area contributed by atoms with Crippen molar-refractivity contribution in [2.45, 2.75) is 31.6 Å². The Balaban J connectivity index is 1.66. The number of pyridine rings is 1. The summed E-state index contributed by atoms with van der Waals surface area (Å²) in [5, 5.41) is 4.47. The smallest absolute Gasteiger partial charge is 0.237 e. The van der Waals surface area contributed by atoms with E-state index in [1.54, 1.807) is 4.90 Å².